The summed E-state index contributed by atoms with van der Waals surface area (Å²) in [6, 6.07) is 9.16. The summed E-state index contributed by atoms with van der Waals surface area (Å²) in [5.74, 6) is -0.186. The molecule has 0 N–H and O–H groups in total. The van der Waals surface area contributed by atoms with Gasteiger partial charge in [0.15, 0.2) is 0 Å². The third-order valence-corrected chi connectivity index (χ3v) is 3.42. The third kappa shape index (κ3) is 3.30. The van der Waals surface area contributed by atoms with Gasteiger partial charge in [-0.2, -0.15) is 0 Å². The van der Waals surface area contributed by atoms with E-state index in [0.29, 0.717) is 13.1 Å². The molecule has 0 saturated carbocycles. The largest absolute Gasteiger partial charge is 0.292 e. The summed E-state index contributed by atoms with van der Waals surface area (Å²) in [5.41, 5.74) is 0.982. The van der Waals surface area contributed by atoms with Crippen molar-refractivity contribution in [3.8, 4) is 0 Å². The van der Waals surface area contributed by atoms with Crippen molar-refractivity contribution < 1.29 is 14.0 Å². The summed E-state index contributed by atoms with van der Waals surface area (Å²) >= 11 is 0. The summed E-state index contributed by atoms with van der Waals surface area (Å²) in [6.07, 6.45) is -0.696. The zero-order valence-electron chi connectivity index (χ0n) is 11.3. The molecule has 1 saturated heterocycles. The van der Waals surface area contributed by atoms with Crippen LogP contribution in [0.1, 0.15) is 12.0 Å². The van der Waals surface area contributed by atoms with Gasteiger partial charge in [-0.3, -0.25) is 14.5 Å². The molecule has 1 aliphatic rings. The molecule has 1 amide bonds. The molecule has 0 aliphatic carbocycles. The minimum atomic E-state index is -0.936. The minimum absolute atomic E-state index is 0.186. The number of alkyl halides is 1. The number of carbonyl (C=O) groups excluding carboxylic acids is 1. The van der Waals surface area contributed by atoms with Gasteiger partial charge < -0.3 is 0 Å². The second kappa shape index (κ2) is 6.12. The van der Waals surface area contributed by atoms with E-state index in [0.717, 1.165) is 5.56 Å². The summed E-state index contributed by atoms with van der Waals surface area (Å²) in [6.45, 7) is 0.677. The monoisotopic (exact) mass is 266 g/mol. The number of rotatable bonds is 4. The Bertz CT molecular complexity index is 427. The standard InChI is InChI=1S/C14H19FN2O2/c1-16-10-12(15)8-13(16)14(18)17(19-2)9-11-6-4-3-5-7-11/h3-7,12-13H,8-10H2,1-2H3. The van der Waals surface area contributed by atoms with E-state index in [1.165, 1.54) is 12.2 Å². The van der Waals surface area contributed by atoms with Crippen LogP contribution in [-0.2, 0) is 16.2 Å². The van der Waals surface area contributed by atoms with Crippen LogP contribution in [0.4, 0.5) is 4.39 Å². The predicted octanol–water partition coefficient (Wildman–Crippen LogP) is 1.62. The summed E-state index contributed by atoms with van der Waals surface area (Å²) in [7, 11) is 3.22. The number of hydrogen-bond acceptors (Lipinski definition) is 3. The molecule has 4 nitrogen and oxygen atoms in total. The zero-order valence-corrected chi connectivity index (χ0v) is 11.3. The van der Waals surface area contributed by atoms with E-state index in [2.05, 4.69) is 0 Å². The van der Waals surface area contributed by atoms with Gasteiger partial charge in [-0.1, -0.05) is 30.3 Å². The number of hydrogen-bond donors (Lipinski definition) is 0. The van der Waals surface area contributed by atoms with E-state index in [-0.39, 0.29) is 12.3 Å². The molecule has 1 heterocycles. The van der Waals surface area contributed by atoms with Gasteiger partial charge in [-0.05, 0) is 12.6 Å². The number of hydroxylamine groups is 2. The lowest BCUT2D eigenvalue weighted by Crippen LogP contribution is -2.43. The predicted molar refractivity (Wildman–Crippen MR) is 69.9 cm³/mol. The maximum Gasteiger partial charge on any atom is 0.263 e. The molecular formula is C14H19FN2O2. The highest BCUT2D eigenvalue weighted by Gasteiger charge is 2.37. The van der Waals surface area contributed by atoms with Crippen LogP contribution in [0.3, 0.4) is 0 Å². The van der Waals surface area contributed by atoms with Gasteiger partial charge in [0.1, 0.15) is 6.17 Å². The van der Waals surface area contributed by atoms with Crippen LogP contribution in [0.15, 0.2) is 30.3 Å². The number of halogens is 1. The molecule has 0 radical (unpaired) electrons. The lowest BCUT2D eigenvalue weighted by atomic mass is 10.1. The zero-order chi connectivity index (χ0) is 13.8. The van der Waals surface area contributed by atoms with Gasteiger partial charge in [0.25, 0.3) is 5.91 Å². The molecule has 1 aromatic rings. The van der Waals surface area contributed by atoms with Crippen molar-refractivity contribution in [1.82, 2.24) is 9.96 Å². The van der Waals surface area contributed by atoms with E-state index >= 15 is 0 Å². The maximum absolute atomic E-state index is 13.3. The second-order valence-corrected chi connectivity index (χ2v) is 4.83. The lowest BCUT2D eigenvalue weighted by Gasteiger charge is -2.26. The fraction of sp³-hybridized carbons (Fsp3) is 0.500. The molecule has 19 heavy (non-hydrogen) atoms. The Morgan fingerprint density at radius 1 is 1.47 bits per heavy atom. The third-order valence-electron chi connectivity index (χ3n) is 3.42. The van der Waals surface area contributed by atoms with E-state index in [1.807, 2.05) is 30.3 Å². The van der Waals surface area contributed by atoms with Crippen LogP contribution in [0, 0.1) is 0 Å². The topological polar surface area (TPSA) is 32.8 Å². The number of likely N-dealkylation sites (tertiary alicyclic amines) is 1. The lowest BCUT2D eigenvalue weighted by molar-refractivity contribution is -0.183. The highest BCUT2D eigenvalue weighted by Crippen LogP contribution is 2.21. The first-order chi connectivity index (χ1) is 9.11. The van der Waals surface area contributed by atoms with Crippen LogP contribution in [0.25, 0.3) is 0 Å². The van der Waals surface area contributed by atoms with Crippen molar-refractivity contribution in [3.05, 3.63) is 35.9 Å². The van der Waals surface area contributed by atoms with Gasteiger partial charge in [-0.25, -0.2) is 9.45 Å². The van der Waals surface area contributed by atoms with Gasteiger partial charge in [0.2, 0.25) is 0 Å². The quantitative estimate of drug-likeness (QED) is 0.776. The van der Waals surface area contributed by atoms with E-state index in [1.54, 1.807) is 11.9 Å². The first kappa shape index (κ1) is 14.0. The fourth-order valence-corrected chi connectivity index (χ4v) is 2.37. The molecule has 2 unspecified atom stereocenters. The molecule has 2 atom stereocenters. The van der Waals surface area contributed by atoms with Gasteiger partial charge in [-0.15, -0.1) is 0 Å². The fourth-order valence-electron chi connectivity index (χ4n) is 2.37. The first-order valence-electron chi connectivity index (χ1n) is 6.35. The number of benzene rings is 1. The molecule has 0 aromatic heterocycles. The van der Waals surface area contributed by atoms with Crippen LogP contribution < -0.4 is 0 Å². The smallest absolute Gasteiger partial charge is 0.263 e. The molecule has 1 aliphatic heterocycles. The number of nitrogens with zero attached hydrogens (tertiary/aromatic N) is 2. The Morgan fingerprint density at radius 2 is 2.16 bits per heavy atom. The van der Waals surface area contributed by atoms with Gasteiger partial charge in [0.05, 0.1) is 19.7 Å². The first-order valence-corrected chi connectivity index (χ1v) is 6.35. The normalized spacial score (nSPS) is 23.5. The molecular weight excluding hydrogens is 247 g/mol. The van der Waals surface area contributed by atoms with E-state index in [4.69, 9.17) is 4.84 Å². The van der Waals surface area contributed by atoms with E-state index in [9.17, 15) is 9.18 Å². The van der Waals surface area contributed by atoms with Crippen molar-refractivity contribution in [2.24, 2.45) is 0 Å². The van der Waals surface area contributed by atoms with E-state index < -0.39 is 12.2 Å². The van der Waals surface area contributed by atoms with Crippen LogP contribution in [0.2, 0.25) is 0 Å². The average molecular weight is 266 g/mol. The summed E-state index contributed by atoms with van der Waals surface area (Å²) in [4.78, 5) is 19.2. The van der Waals surface area contributed by atoms with Gasteiger partial charge >= 0.3 is 0 Å². The Morgan fingerprint density at radius 3 is 2.68 bits per heavy atom. The second-order valence-electron chi connectivity index (χ2n) is 4.83. The molecule has 1 fully saturated rings. The Balaban J connectivity index is 2.03. The summed E-state index contributed by atoms with van der Waals surface area (Å²) in [5, 5.41) is 1.30. The van der Waals surface area contributed by atoms with Crippen molar-refractivity contribution in [1.29, 1.82) is 0 Å². The Kier molecular flexibility index (Phi) is 4.50. The molecule has 0 spiro atoms. The van der Waals surface area contributed by atoms with Crippen molar-refractivity contribution >= 4 is 5.91 Å². The average Bonchev–Trinajstić information content (AvgIpc) is 2.75. The van der Waals surface area contributed by atoms with Gasteiger partial charge in [0, 0.05) is 13.0 Å². The number of carbonyl (C=O) groups is 1. The minimum Gasteiger partial charge on any atom is -0.292 e. The van der Waals surface area contributed by atoms with Crippen LogP contribution in [0.5, 0.6) is 0 Å². The van der Waals surface area contributed by atoms with Crippen molar-refractivity contribution in [3.63, 3.8) is 0 Å². The summed E-state index contributed by atoms with van der Waals surface area (Å²) < 4.78 is 13.3. The van der Waals surface area contributed by atoms with Crippen LogP contribution >= 0.6 is 0 Å². The Labute approximate surface area is 112 Å². The molecule has 1 aromatic carbocycles. The van der Waals surface area contributed by atoms with Crippen molar-refractivity contribution in [2.45, 2.75) is 25.2 Å². The SMILES string of the molecule is CON(Cc1ccccc1)C(=O)C1CC(F)CN1C. The maximum atomic E-state index is 13.3. The molecule has 5 heteroatoms. The number of amides is 1. The molecule has 2 rings (SSSR count). The highest BCUT2D eigenvalue weighted by molar-refractivity contribution is 5.81. The molecule has 0 bridgehead atoms. The van der Waals surface area contributed by atoms with Crippen LogP contribution in [-0.4, -0.2) is 48.8 Å². The van der Waals surface area contributed by atoms with Crippen molar-refractivity contribution in [2.75, 3.05) is 20.7 Å². The molecule has 104 valence electrons. The Hall–Kier alpha value is -1.46. The highest BCUT2D eigenvalue weighted by atomic mass is 19.1. The number of likely N-dealkylation sites (N-methyl/N-ethyl adjacent to an activating group) is 1.